The number of ether oxygens (including phenoxy) is 1. The van der Waals surface area contributed by atoms with Crippen LogP contribution in [0.5, 0.6) is 0 Å². The molecule has 0 radical (unpaired) electrons. The van der Waals surface area contributed by atoms with Crippen LogP contribution < -0.4 is 0 Å². The molecular weight excluding hydrogens is 308 g/mol. The first-order valence-electron chi connectivity index (χ1n) is 9.04. The molecule has 0 amide bonds. The third-order valence-corrected chi connectivity index (χ3v) is 5.18. The summed E-state index contributed by atoms with van der Waals surface area (Å²) in [4.78, 5) is 13.0. The molecule has 4 rings (SSSR count). The van der Waals surface area contributed by atoms with Gasteiger partial charge in [0.15, 0.2) is 0 Å². The van der Waals surface area contributed by atoms with Crippen LogP contribution in [0.1, 0.15) is 42.7 Å². The largest absolute Gasteiger partial charge is 0.425 e. The minimum Gasteiger partial charge on any atom is -0.425 e. The summed E-state index contributed by atoms with van der Waals surface area (Å²) in [6.45, 7) is 0. The molecule has 1 aliphatic carbocycles. The average molecular weight is 330 g/mol. The highest BCUT2D eigenvalue weighted by atomic mass is 16.5. The smallest absolute Gasteiger partial charge is 0.319 e. The van der Waals surface area contributed by atoms with Crippen molar-refractivity contribution in [3.63, 3.8) is 0 Å². The van der Waals surface area contributed by atoms with E-state index in [-0.39, 0.29) is 17.8 Å². The molecule has 25 heavy (non-hydrogen) atoms. The molecule has 0 saturated heterocycles. The SMILES string of the molecule is O=C1OC(c2ccccc2)=C2CC/C=C\CCC2C1c1ccccc1. The number of rotatable bonds is 2. The molecule has 2 nitrogen and oxygen atoms in total. The van der Waals surface area contributed by atoms with Crippen molar-refractivity contribution < 1.29 is 9.53 Å². The Labute approximate surface area is 148 Å². The molecule has 1 heterocycles. The van der Waals surface area contributed by atoms with Crippen molar-refractivity contribution >= 4 is 11.7 Å². The monoisotopic (exact) mass is 330 g/mol. The van der Waals surface area contributed by atoms with E-state index in [0.717, 1.165) is 42.6 Å². The fraction of sp³-hybridized carbons (Fsp3) is 0.261. The molecule has 2 aromatic carbocycles. The Bertz CT molecular complexity index is 803. The Morgan fingerprint density at radius 1 is 0.840 bits per heavy atom. The van der Waals surface area contributed by atoms with Gasteiger partial charge in [0, 0.05) is 11.5 Å². The van der Waals surface area contributed by atoms with Crippen LogP contribution in [0.4, 0.5) is 0 Å². The molecule has 126 valence electrons. The van der Waals surface area contributed by atoms with Crippen molar-refractivity contribution in [3.8, 4) is 0 Å². The van der Waals surface area contributed by atoms with Crippen molar-refractivity contribution in [2.45, 2.75) is 31.6 Å². The minimum atomic E-state index is -0.199. The van der Waals surface area contributed by atoms with E-state index in [2.05, 4.69) is 12.2 Å². The number of carbonyl (C=O) groups is 1. The lowest BCUT2D eigenvalue weighted by atomic mass is 9.74. The summed E-state index contributed by atoms with van der Waals surface area (Å²) < 4.78 is 5.92. The van der Waals surface area contributed by atoms with Gasteiger partial charge in [-0.15, -0.1) is 0 Å². The third kappa shape index (κ3) is 3.17. The van der Waals surface area contributed by atoms with Gasteiger partial charge in [0.25, 0.3) is 0 Å². The van der Waals surface area contributed by atoms with Crippen LogP contribution in [0.25, 0.3) is 5.76 Å². The highest BCUT2D eigenvalue weighted by molar-refractivity contribution is 5.88. The van der Waals surface area contributed by atoms with Gasteiger partial charge >= 0.3 is 5.97 Å². The van der Waals surface area contributed by atoms with Crippen molar-refractivity contribution in [2.24, 2.45) is 5.92 Å². The number of hydrogen-bond donors (Lipinski definition) is 0. The number of hydrogen-bond acceptors (Lipinski definition) is 2. The Morgan fingerprint density at radius 2 is 1.52 bits per heavy atom. The van der Waals surface area contributed by atoms with Gasteiger partial charge in [-0.05, 0) is 36.8 Å². The molecule has 0 N–H and O–H groups in total. The van der Waals surface area contributed by atoms with E-state index in [1.807, 2.05) is 60.7 Å². The van der Waals surface area contributed by atoms with Crippen LogP contribution in [0, 0.1) is 5.92 Å². The molecule has 2 aromatic rings. The first-order valence-corrected chi connectivity index (χ1v) is 9.04. The molecule has 2 atom stereocenters. The van der Waals surface area contributed by atoms with E-state index >= 15 is 0 Å². The fourth-order valence-corrected chi connectivity index (χ4v) is 4.02. The van der Waals surface area contributed by atoms with Crippen molar-refractivity contribution in [1.82, 2.24) is 0 Å². The fourth-order valence-electron chi connectivity index (χ4n) is 4.02. The lowest BCUT2D eigenvalue weighted by Gasteiger charge is -2.35. The summed E-state index contributed by atoms with van der Waals surface area (Å²) in [7, 11) is 0. The second-order valence-corrected chi connectivity index (χ2v) is 6.72. The second kappa shape index (κ2) is 7.10. The third-order valence-electron chi connectivity index (χ3n) is 5.18. The molecular formula is C23H22O2. The zero-order chi connectivity index (χ0) is 17.1. The second-order valence-electron chi connectivity index (χ2n) is 6.72. The van der Waals surface area contributed by atoms with E-state index in [4.69, 9.17) is 4.74 Å². The van der Waals surface area contributed by atoms with Gasteiger partial charge in [0.05, 0.1) is 5.92 Å². The molecule has 0 fully saturated rings. The van der Waals surface area contributed by atoms with E-state index in [1.165, 1.54) is 5.57 Å². The summed E-state index contributed by atoms with van der Waals surface area (Å²) in [6, 6.07) is 20.1. The Kier molecular flexibility index (Phi) is 4.51. The molecule has 2 heteroatoms. The van der Waals surface area contributed by atoms with Crippen LogP contribution in [-0.2, 0) is 9.53 Å². The van der Waals surface area contributed by atoms with Crippen molar-refractivity contribution in [3.05, 3.63) is 89.5 Å². The van der Waals surface area contributed by atoms with Gasteiger partial charge in [-0.3, -0.25) is 4.79 Å². The van der Waals surface area contributed by atoms with E-state index in [1.54, 1.807) is 0 Å². The predicted molar refractivity (Wildman–Crippen MR) is 99.7 cm³/mol. The number of carbonyl (C=O) groups excluding carboxylic acids is 1. The van der Waals surface area contributed by atoms with Gasteiger partial charge in [-0.1, -0.05) is 72.8 Å². The summed E-state index contributed by atoms with van der Waals surface area (Å²) in [6.07, 6.45) is 8.44. The number of benzene rings is 2. The van der Waals surface area contributed by atoms with Crippen LogP contribution >= 0.6 is 0 Å². The number of cyclic esters (lactones) is 1. The van der Waals surface area contributed by atoms with Crippen LogP contribution in [0.15, 0.2) is 78.4 Å². The first-order chi connectivity index (χ1) is 12.3. The zero-order valence-corrected chi connectivity index (χ0v) is 14.2. The van der Waals surface area contributed by atoms with Crippen LogP contribution in [-0.4, -0.2) is 5.97 Å². The summed E-state index contributed by atoms with van der Waals surface area (Å²) >= 11 is 0. The number of fused-ring (bicyclic) bond motifs is 1. The normalized spacial score (nSPS) is 24.7. The molecule has 0 saturated carbocycles. The van der Waals surface area contributed by atoms with Gasteiger partial charge in [0.2, 0.25) is 0 Å². The maximum atomic E-state index is 13.0. The first kappa shape index (κ1) is 15.9. The molecule has 0 bridgehead atoms. The Morgan fingerprint density at radius 3 is 2.28 bits per heavy atom. The Hall–Kier alpha value is -2.61. The van der Waals surface area contributed by atoms with Crippen LogP contribution in [0.3, 0.4) is 0 Å². The van der Waals surface area contributed by atoms with Crippen LogP contribution in [0.2, 0.25) is 0 Å². The van der Waals surface area contributed by atoms with Gasteiger partial charge < -0.3 is 4.74 Å². The maximum Gasteiger partial charge on any atom is 0.319 e. The lowest BCUT2D eigenvalue weighted by Crippen LogP contribution is -2.31. The number of esters is 1. The Balaban J connectivity index is 1.83. The van der Waals surface area contributed by atoms with Crippen molar-refractivity contribution in [1.29, 1.82) is 0 Å². The molecule has 0 spiro atoms. The van der Waals surface area contributed by atoms with Gasteiger partial charge in [-0.2, -0.15) is 0 Å². The maximum absolute atomic E-state index is 13.0. The van der Waals surface area contributed by atoms with Gasteiger partial charge in [-0.25, -0.2) is 0 Å². The summed E-state index contributed by atoms with van der Waals surface area (Å²) in [5, 5.41) is 0. The number of allylic oxidation sites excluding steroid dienone is 3. The zero-order valence-electron chi connectivity index (χ0n) is 14.2. The van der Waals surface area contributed by atoms with Gasteiger partial charge in [0.1, 0.15) is 5.76 Å². The van der Waals surface area contributed by atoms with Crippen molar-refractivity contribution in [2.75, 3.05) is 0 Å². The average Bonchev–Trinajstić information content (AvgIpc) is 2.64. The topological polar surface area (TPSA) is 26.3 Å². The molecule has 1 aliphatic heterocycles. The molecule has 2 aliphatic rings. The predicted octanol–water partition coefficient (Wildman–Crippen LogP) is 5.48. The quantitative estimate of drug-likeness (QED) is 0.538. The highest BCUT2D eigenvalue weighted by Crippen LogP contribution is 2.45. The van der Waals surface area contributed by atoms with E-state index in [0.29, 0.717) is 0 Å². The molecule has 2 unspecified atom stereocenters. The highest BCUT2D eigenvalue weighted by Gasteiger charge is 2.40. The van der Waals surface area contributed by atoms with E-state index in [9.17, 15) is 4.79 Å². The molecule has 0 aromatic heterocycles. The standard InChI is InChI=1S/C23H22O2/c24-23-21(17-11-5-3-6-12-17)19-15-9-1-2-10-16-20(19)22(25-23)18-13-7-4-8-14-18/h1-8,11-14,19,21H,9-10,15-16H2/b2-1-. The minimum absolute atomic E-state index is 0.122. The summed E-state index contributed by atoms with van der Waals surface area (Å²) in [5.74, 6) is 0.681. The lowest BCUT2D eigenvalue weighted by molar-refractivity contribution is -0.140. The summed E-state index contributed by atoms with van der Waals surface area (Å²) in [5.41, 5.74) is 3.36. The van der Waals surface area contributed by atoms with E-state index < -0.39 is 0 Å².